The molecule has 0 atom stereocenters. The number of hydrogen-bond donors (Lipinski definition) is 1. The van der Waals surface area contributed by atoms with Gasteiger partial charge in [-0.2, -0.15) is 0 Å². The number of piperazine rings is 1. The fraction of sp³-hybridized carbons (Fsp3) is 0.412. The molecule has 2 aromatic heterocycles. The molecule has 1 N–H and O–H groups in total. The van der Waals surface area contributed by atoms with Crippen LogP contribution in [-0.2, 0) is 6.42 Å². The van der Waals surface area contributed by atoms with Crippen molar-refractivity contribution in [3.05, 3.63) is 51.8 Å². The molecule has 1 amide bonds. The average molecular weight is 327 g/mol. The Balaban J connectivity index is 1.68. The van der Waals surface area contributed by atoms with E-state index in [1.54, 1.807) is 24.2 Å². The molecule has 0 radical (unpaired) electrons. The Labute approximate surface area is 140 Å². The fourth-order valence-corrected chi connectivity index (χ4v) is 2.88. The Bertz CT molecular complexity index is 794. The number of H-pyrrole nitrogens is 1. The Morgan fingerprint density at radius 3 is 2.58 bits per heavy atom. The average Bonchev–Trinajstić information content (AvgIpc) is 2.60. The largest absolute Gasteiger partial charge is 0.353 e. The molecular weight excluding hydrogens is 306 g/mol. The number of aryl methyl sites for hydroxylation is 2. The van der Waals surface area contributed by atoms with Crippen LogP contribution in [0.4, 0.5) is 5.82 Å². The molecule has 1 aliphatic rings. The van der Waals surface area contributed by atoms with E-state index in [0.29, 0.717) is 37.4 Å². The summed E-state index contributed by atoms with van der Waals surface area (Å²) in [4.78, 5) is 39.3. The summed E-state index contributed by atoms with van der Waals surface area (Å²) in [5.74, 6) is 0.807. The minimum absolute atomic E-state index is 0.0965. The molecule has 0 bridgehead atoms. The number of nitrogens with one attached hydrogen (secondary N) is 1. The summed E-state index contributed by atoms with van der Waals surface area (Å²) in [5.41, 5.74) is 1.90. The van der Waals surface area contributed by atoms with E-state index in [1.165, 1.54) is 6.07 Å². The molecule has 0 aliphatic carbocycles. The highest BCUT2D eigenvalue weighted by Gasteiger charge is 2.23. The zero-order valence-corrected chi connectivity index (χ0v) is 14.0. The van der Waals surface area contributed by atoms with E-state index >= 15 is 0 Å². The van der Waals surface area contributed by atoms with Crippen molar-refractivity contribution in [1.82, 2.24) is 19.9 Å². The van der Waals surface area contributed by atoms with Gasteiger partial charge >= 0.3 is 0 Å². The SMILES string of the molecule is CCc1cc(N2CCN(C(=O)c3cc(C)[nH]c(=O)c3)CC2)ncn1. The summed E-state index contributed by atoms with van der Waals surface area (Å²) in [5, 5.41) is 0. The molecule has 24 heavy (non-hydrogen) atoms. The van der Waals surface area contributed by atoms with Gasteiger partial charge in [0.2, 0.25) is 5.56 Å². The Kier molecular flexibility index (Phi) is 4.59. The molecule has 3 rings (SSSR count). The van der Waals surface area contributed by atoms with Crippen LogP contribution in [0, 0.1) is 6.92 Å². The van der Waals surface area contributed by atoms with Gasteiger partial charge in [0.1, 0.15) is 12.1 Å². The van der Waals surface area contributed by atoms with E-state index in [2.05, 4.69) is 26.8 Å². The molecule has 7 heteroatoms. The van der Waals surface area contributed by atoms with E-state index in [1.807, 2.05) is 6.07 Å². The number of aromatic nitrogens is 3. The van der Waals surface area contributed by atoms with E-state index in [9.17, 15) is 9.59 Å². The van der Waals surface area contributed by atoms with Crippen LogP contribution in [0.15, 0.2) is 29.3 Å². The Morgan fingerprint density at radius 2 is 1.92 bits per heavy atom. The van der Waals surface area contributed by atoms with Crippen LogP contribution >= 0.6 is 0 Å². The van der Waals surface area contributed by atoms with Gasteiger partial charge in [-0.05, 0) is 19.4 Å². The van der Waals surface area contributed by atoms with E-state index in [0.717, 1.165) is 17.9 Å². The van der Waals surface area contributed by atoms with Crippen molar-refractivity contribution in [3.63, 3.8) is 0 Å². The van der Waals surface area contributed by atoms with Crippen LogP contribution in [0.1, 0.15) is 28.7 Å². The number of amides is 1. The Hall–Kier alpha value is -2.70. The molecule has 1 saturated heterocycles. The molecule has 2 aromatic rings. The third-order valence-corrected chi connectivity index (χ3v) is 4.19. The molecule has 1 aliphatic heterocycles. The second kappa shape index (κ2) is 6.82. The first-order valence-corrected chi connectivity index (χ1v) is 8.13. The lowest BCUT2D eigenvalue weighted by atomic mass is 10.2. The molecule has 0 spiro atoms. The van der Waals surface area contributed by atoms with Gasteiger partial charge in [-0.15, -0.1) is 0 Å². The summed E-state index contributed by atoms with van der Waals surface area (Å²) in [7, 11) is 0. The number of anilines is 1. The summed E-state index contributed by atoms with van der Waals surface area (Å²) >= 11 is 0. The van der Waals surface area contributed by atoms with Crippen LogP contribution in [0.5, 0.6) is 0 Å². The van der Waals surface area contributed by atoms with E-state index in [-0.39, 0.29) is 11.5 Å². The topological polar surface area (TPSA) is 82.2 Å². The Morgan fingerprint density at radius 1 is 1.17 bits per heavy atom. The highest BCUT2D eigenvalue weighted by atomic mass is 16.2. The third-order valence-electron chi connectivity index (χ3n) is 4.19. The van der Waals surface area contributed by atoms with Gasteiger partial charge in [-0.25, -0.2) is 9.97 Å². The molecule has 0 saturated carbocycles. The maximum atomic E-state index is 12.6. The summed E-state index contributed by atoms with van der Waals surface area (Å²) in [6.07, 6.45) is 2.46. The number of aromatic amines is 1. The van der Waals surface area contributed by atoms with Gasteiger partial charge in [-0.1, -0.05) is 6.92 Å². The first kappa shape index (κ1) is 16.2. The minimum atomic E-state index is -0.245. The van der Waals surface area contributed by atoms with Crippen LogP contribution < -0.4 is 10.5 Å². The van der Waals surface area contributed by atoms with Crippen LogP contribution in [0.3, 0.4) is 0 Å². The van der Waals surface area contributed by atoms with E-state index < -0.39 is 0 Å². The van der Waals surface area contributed by atoms with Crippen molar-refractivity contribution in [3.8, 4) is 0 Å². The standard InChI is InChI=1S/C17H21N5O2/c1-3-14-10-15(19-11-18-14)21-4-6-22(7-5-21)17(24)13-8-12(2)20-16(23)9-13/h8-11H,3-7H2,1-2H3,(H,20,23). The zero-order chi connectivity index (χ0) is 17.1. The summed E-state index contributed by atoms with van der Waals surface area (Å²) in [6.45, 7) is 6.48. The number of nitrogens with zero attached hydrogens (tertiary/aromatic N) is 4. The molecule has 126 valence electrons. The number of pyridine rings is 1. The predicted molar refractivity (Wildman–Crippen MR) is 91.3 cm³/mol. The van der Waals surface area contributed by atoms with Crippen LogP contribution in [0.2, 0.25) is 0 Å². The molecule has 1 fully saturated rings. The van der Waals surface area contributed by atoms with Crippen LogP contribution in [-0.4, -0.2) is 51.9 Å². The quantitative estimate of drug-likeness (QED) is 0.909. The molecule has 0 unspecified atom stereocenters. The van der Waals surface area contributed by atoms with Crippen molar-refractivity contribution in [1.29, 1.82) is 0 Å². The highest BCUT2D eigenvalue weighted by molar-refractivity contribution is 5.94. The number of carbonyl (C=O) groups excluding carboxylic acids is 1. The first-order chi connectivity index (χ1) is 11.6. The number of carbonyl (C=O) groups is 1. The second-order valence-electron chi connectivity index (χ2n) is 5.92. The lowest BCUT2D eigenvalue weighted by Gasteiger charge is -2.35. The fourth-order valence-electron chi connectivity index (χ4n) is 2.88. The normalized spacial score (nSPS) is 14.8. The second-order valence-corrected chi connectivity index (χ2v) is 5.92. The van der Waals surface area contributed by atoms with Crippen LogP contribution in [0.25, 0.3) is 0 Å². The maximum Gasteiger partial charge on any atom is 0.254 e. The number of rotatable bonds is 3. The molecule has 3 heterocycles. The monoisotopic (exact) mass is 327 g/mol. The smallest absolute Gasteiger partial charge is 0.254 e. The van der Waals surface area contributed by atoms with E-state index in [4.69, 9.17) is 0 Å². The summed E-state index contributed by atoms with van der Waals surface area (Å²) < 4.78 is 0. The van der Waals surface area contributed by atoms with Gasteiger partial charge in [0.15, 0.2) is 0 Å². The lowest BCUT2D eigenvalue weighted by molar-refractivity contribution is 0.0746. The highest BCUT2D eigenvalue weighted by Crippen LogP contribution is 2.15. The molecule has 0 aromatic carbocycles. The van der Waals surface area contributed by atoms with Gasteiger partial charge < -0.3 is 14.8 Å². The van der Waals surface area contributed by atoms with Crippen molar-refractivity contribution in [2.24, 2.45) is 0 Å². The van der Waals surface area contributed by atoms with Crippen molar-refractivity contribution in [2.45, 2.75) is 20.3 Å². The van der Waals surface area contributed by atoms with Crippen molar-refractivity contribution in [2.75, 3.05) is 31.1 Å². The summed E-state index contributed by atoms with van der Waals surface area (Å²) in [6, 6.07) is 5.07. The van der Waals surface area contributed by atoms with Gasteiger partial charge in [0.05, 0.1) is 0 Å². The molecule has 7 nitrogen and oxygen atoms in total. The lowest BCUT2D eigenvalue weighted by Crippen LogP contribution is -2.49. The van der Waals surface area contributed by atoms with Gasteiger partial charge in [0, 0.05) is 55.3 Å². The van der Waals surface area contributed by atoms with Crippen molar-refractivity contribution < 1.29 is 4.79 Å². The van der Waals surface area contributed by atoms with Crippen molar-refractivity contribution >= 4 is 11.7 Å². The molecular formula is C17H21N5O2. The minimum Gasteiger partial charge on any atom is -0.353 e. The predicted octanol–water partition coefficient (Wildman–Crippen LogP) is 0.998. The maximum absolute atomic E-state index is 12.6. The van der Waals surface area contributed by atoms with Gasteiger partial charge in [0.25, 0.3) is 5.91 Å². The third kappa shape index (κ3) is 3.45. The number of hydrogen-bond acceptors (Lipinski definition) is 5. The zero-order valence-electron chi connectivity index (χ0n) is 14.0. The van der Waals surface area contributed by atoms with Gasteiger partial charge in [-0.3, -0.25) is 9.59 Å². The first-order valence-electron chi connectivity index (χ1n) is 8.13.